The maximum absolute atomic E-state index is 11.4. The number of likely N-dealkylation sites (tertiary alicyclic amines) is 1. The number of hydrogen-bond donors (Lipinski definition) is 1. The van der Waals surface area contributed by atoms with Gasteiger partial charge in [0.25, 0.3) is 0 Å². The van der Waals surface area contributed by atoms with Crippen LogP contribution in [-0.4, -0.2) is 39.6 Å². The van der Waals surface area contributed by atoms with Crippen LogP contribution in [0.25, 0.3) is 0 Å². The summed E-state index contributed by atoms with van der Waals surface area (Å²) < 4.78 is 4.86. The minimum absolute atomic E-state index is 0.438. The van der Waals surface area contributed by atoms with Gasteiger partial charge in [-0.05, 0) is 20.8 Å². The van der Waals surface area contributed by atoms with Crippen LogP contribution in [0.3, 0.4) is 0 Å². The van der Waals surface area contributed by atoms with E-state index >= 15 is 0 Å². The summed E-state index contributed by atoms with van der Waals surface area (Å²) in [5.74, 6) is -1.42. The van der Waals surface area contributed by atoms with E-state index in [2.05, 4.69) is 0 Å². The largest absolute Gasteiger partial charge is 0.443 e. The Bertz CT molecular complexity index is 317. The molecule has 1 aliphatic heterocycles. The van der Waals surface area contributed by atoms with E-state index in [0.717, 1.165) is 0 Å². The first-order valence-electron chi connectivity index (χ1n) is 4.48. The highest BCUT2D eigenvalue weighted by Gasteiger charge is 2.43. The van der Waals surface area contributed by atoms with Crippen molar-refractivity contribution in [2.75, 3.05) is 0 Å². The van der Waals surface area contributed by atoms with Gasteiger partial charge in [-0.15, -0.1) is 0 Å². The zero-order chi connectivity index (χ0) is 11.8. The molecule has 84 valence electrons. The summed E-state index contributed by atoms with van der Waals surface area (Å²) in [5.41, 5.74) is -0.775. The van der Waals surface area contributed by atoms with Crippen LogP contribution in [0.1, 0.15) is 27.2 Å². The highest BCUT2D eigenvalue weighted by Crippen LogP contribution is 2.17. The number of hydrogen-bond acceptors (Lipinski definition) is 5. The molecular weight excluding hydrogens is 202 g/mol. The van der Waals surface area contributed by atoms with Crippen LogP contribution in [-0.2, 0) is 14.3 Å². The molecule has 0 bridgehead atoms. The Hall–Kier alpha value is -1.43. The van der Waals surface area contributed by atoms with E-state index in [4.69, 9.17) is 4.74 Å². The molecule has 1 N–H and O–H groups in total. The van der Waals surface area contributed by atoms with Crippen molar-refractivity contribution in [2.24, 2.45) is 0 Å². The fourth-order valence-electron chi connectivity index (χ4n) is 1.12. The van der Waals surface area contributed by atoms with Crippen LogP contribution in [0, 0.1) is 0 Å². The minimum atomic E-state index is -1.70. The van der Waals surface area contributed by atoms with E-state index in [-0.39, 0.29) is 0 Å². The lowest BCUT2D eigenvalue weighted by molar-refractivity contribution is -0.135. The first kappa shape index (κ1) is 11.6. The number of amides is 2. The number of imide groups is 1. The smallest absolute Gasteiger partial charge is 0.419 e. The lowest BCUT2D eigenvalue weighted by Crippen LogP contribution is -2.43. The average molecular weight is 215 g/mol. The molecule has 0 saturated carbocycles. The van der Waals surface area contributed by atoms with Crippen molar-refractivity contribution < 1.29 is 24.2 Å². The quantitative estimate of drug-likeness (QED) is 0.577. The summed E-state index contributed by atoms with van der Waals surface area (Å²) in [7, 11) is 0. The van der Waals surface area contributed by atoms with E-state index < -0.39 is 36.0 Å². The number of carbonyl (C=O) groups excluding carboxylic acids is 3. The molecule has 0 aromatic heterocycles. The maximum atomic E-state index is 11.4. The second-order valence-corrected chi connectivity index (χ2v) is 4.26. The van der Waals surface area contributed by atoms with Crippen molar-refractivity contribution in [3.63, 3.8) is 0 Å². The molecule has 1 atom stereocenters. The number of ether oxygens (including phenoxy) is 1. The fraction of sp³-hybridized carbons (Fsp3) is 0.667. The topological polar surface area (TPSA) is 83.9 Å². The Morgan fingerprint density at radius 1 is 1.47 bits per heavy atom. The summed E-state index contributed by atoms with van der Waals surface area (Å²) in [6, 6.07) is 0. The van der Waals surface area contributed by atoms with Crippen molar-refractivity contribution in [3.05, 3.63) is 0 Å². The van der Waals surface area contributed by atoms with Gasteiger partial charge >= 0.3 is 6.09 Å². The average Bonchev–Trinajstić information content (AvgIpc) is 2.22. The highest BCUT2D eigenvalue weighted by atomic mass is 16.6. The van der Waals surface area contributed by atoms with Crippen LogP contribution in [0.4, 0.5) is 4.79 Å². The molecule has 0 aliphatic carbocycles. The van der Waals surface area contributed by atoms with Gasteiger partial charge < -0.3 is 9.84 Å². The molecule has 15 heavy (non-hydrogen) atoms. The predicted octanol–water partition coefficient (Wildman–Crippen LogP) is 0.0413. The minimum Gasteiger partial charge on any atom is -0.443 e. The van der Waals surface area contributed by atoms with Gasteiger partial charge in [-0.3, -0.25) is 9.59 Å². The van der Waals surface area contributed by atoms with Gasteiger partial charge in [0.1, 0.15) is 5.60 Å². The maximum Gasteiger partial charge on any atom is 0.419 e. The zero-order valence-corrected chi connectivity index (χ0v) is 8.81. The van der Waals surface area contributed by atoms with Crippen LogP contribution in [0.15, 0.2) is 0 Å². The third-order valence-electron chi connectivity index (χ3n) is 1.72. The van der Waals surface area contributed by atoms with Crippen LogP contribution < -0.4 is 0 Å². The lowest BCUT2D eigenvalue weighted by Gasteiger charge is -2.24. The summed E-state index contributed by atoms with van der Waals surface area (Å²) in [6.07, 6.45) is -3.15. The van der Waals surface area contributed by atoms with Gasteiger partial charge in [-0.25, -0.2) is 9.69 Å². The second kappa shape index (κ2) is 3.62. The molecule has 0 aromatic carbocycles. The van der Waals surface area contributed by atoms with Crippen LogP contribution in [0.2, 0.25) is 0 Å². The molecule has 6 nitrogen and oxygen atoms in total. The van der Waals surface area contributed by atoms with Gasteiger partial charge in [0.2, 0.25) is 5.91 Å². The third kappa shape index (κ3) is 2.53. The standard InChI is InChI=1S/C9H13NO5/c1-9(2,3)15-8(14)10-6(12)4-5(11)7(10)13/h7,13H,4H2,1-3H3/t7-/m0/s1. The summed E-state index contributed by atoms with van der Waals surface area (Å²) >= 11 is 0. The van der Waals surface area contributed by atoms with Gasteiger partial charge in [0.15, 0.2) is 12.0 Å². The van der Waals surface area contributed by atoms with E-state index in [0.29, 0.717) is 4.90 Å². The number of aliphatic hydroxyl groups excluding tert-OH is 1. The number of rotatable bonds is 0. The molecule has 2 amide bonds. The highest BCUT2D eigenvalue weighted by molar-refractivity contribution is 6.12. The molecule has 1 heterocycles. The van der Waals surface area contributed by atoms with Gasteiger partial charge in [0.05, 0.1) is 6.42 Å². The molecule has 0 radical (unpaired) electrons. The van der Waals surface area contributed by atoms with Crippen LogP contribution in [0.5, 0.6) is 0 Å². The van der Waals surface area contributed by atoms with Gasteiger partial charge in [-0.2, -0.15) is 0 Å². The molecule has 0 aromatic rings. The van der Waals surface area contributed by atoms with Gasteiger partial charge in [-0.1, -0.05) is 0 Å². The van der Waals surface area contributed by atoms with Crippen molar-refractivity contribution in [3.8, 4) is 0 Å². The number of aliphatic hydroxyl groups is 1. The molecule has 1 rings (SSSR count). The predicted molar refractivity (Wildman–Crippen MR) is 48.7 cm³/mol. The van der Waals surface area contributed by atoms with Crippen molar-refractivity contribution in [1.29, 1.82) is 0 Å². The third-order valence-corrected chi connectivity index (χ3v) is 1.72. The van der Waals surface area contributed by atoms with E-state index in [1.807, 2.05) is 0 Å². The molecule has 1 saturated heterocycles. The summed E-state index contributed by atoms with van der Waals surface area (Å²) in [4.78, 5) is 33.9. The first-order valence-corrected chi connectivity index (χ1v) is 4.48. The molecule has 0 spiro atoms. The molecular formula is C9H13NO5. The second-order valence-electron chi connectivity index (χ2n) is 4.26. The Kier molecular flexibility index (Phi) is 2.81. The van der Waals surface area contributed by atoms with Crippen molar-refractivity contribution >= 4 is 17.8 Å². The number of carbonyl (C=O) groups is 3. The Morgan fingerprint density at radius 2 is 2.00 bits per heavy atom. The summed E-state index contributed by atoms with van der Waals surface area (Å²) in [6.45, 7) is 4.87. The summed E-state index contributed by atoms with van der Waals surface area (Å²) in [5, 5.41) is 9.25. The van der Waals surface area contributed by atoms with Gasteiger partial charge in [0, 0.05) is 0 Å². The van der Waals surface area contributed by atoms with Crippen molar-refractivity contribution in [1.82, 2.24) is 4.90 Å². The fourth-order valence-corrected chi connectivity index (χ4v) is 1.12. The van der Waals surface area contributed by atoms with E-state index in [9.17, 15) is 19.5 Å². The monoisotopic (exact) mass is 215 g/mol. The zero-order valence-electron chi connectivity index (χ0n) is 8.81. The Balaban J connectivity index is 2.76. The Morgan fingerprint density at radius 3 is 2.33 bits per heavy atom. The first-order chi connectivity index (χ1) is 6.72. The number of nitrogens with zero attached hydrogens (tertiary/aromatic N) is 1. The van der Waals surface area contributed by atoms with E-state index in [1.54, 1.807) is 20.8 Å². The normalized spacial score (nSPS) is 22.1. The number of ketones is 1. The number of Topliss-reactive ketones (excluding diaryl/α,β-unsaturated/α-hetero) is 1. The molecule has 0 unspecified atom stereocenters. The van der Waals surface area contributed by atoms with E-state index in [1.165, 1.54) is 0 Å². The van der Waals surface area contributed by atoms with Crippen molar-refractivity contribution in [2.45, 2.75) is 39.0 Å². The molecule has 1 fully saturated rings. The SMILES string of the molecule is CC(C)(C)OC(=O)N1C(=O)CC(=O)[C@@H]1O. The lowest BCUT2D eigenvalue weighted by atomic mass is 10.2. The molecule has 1 aliphatic rings. The molecule has 6 heteroatoms. The Labute approximate surface area is 86.8 Å². The van der Waals surface area contributed by atoms with Crippen LogP contribution >= 0.6 is 0 Å².